The highest BCUT2D eigenvalue weighted by Crippen LogP contribution is 2.19. The molecule has 2 nitrogen and oxygen atoms in total. The maximum Gasteiger partial charge on any atom is 0.232 e. The summed E-state index contributed by atoms with van der Waals surface area (Å²) in [4.78, 5) is 0. The van der Waals surface area contributed by atoms with Gasteiger partial charge in [0.2, 0.25) is 5.79 Å². The predicted octanol–water partition coefficient (Wildman–Crippen LogP) is 2.58. The van der Waals surface area contributed by atoms with Crippen molar-refractivity contribution in [2.45, 2.75) is 44.3 Å². The van der Waals surface area contributed by atoms with E-state index in [1.54, 1.807) is 14.2 Å². The quantitative estimate of drug-likeness (QED) is 0.347. The molecule has 15 heavy (non-hydrogen) atoms. The third-order valence-electron chi connectivity index (χ3n) is 2.46. The summed E-state index contributed by atoms with van der Waals surface area (Å²) in [6.45, 7) is 0. The van der Waals surface area contributed by atoms with E-state index in [4.69, 9.17) is 22.3 Å². The van der Waals surface area contributed by atoms with Crippen LogP contribution < -0.4 is 0 Å². The fourth-order valence-electron chi connectivity index (χ4n) is 1.42. The van der Waals surface area contributed by atoms with Crippen molar-refractivity contribution >= 4 is 0 Å². The van der Waals surface area contributed by atoms with Crippen molar-refractivity contribution in [2.24, 2.45) is 0 Å². The van der Waals surface area contributed by atoms with E-state index < -0.39 is 5.79 Å². The highest BCUT2D eigenvalue weighted by Gasteiger charge is 2.25. The zero-order chi connectivity index (χ0) is 11.6. The highest BCUT2D eigenvalue weighted by molar-refractivity contribution is 5.02. The molecular weight excluding hydrogens is 188 g/mol. The van der Waals surface area contributed by atoms with Crippen LogP contribution in [0.5, 0.6) is 0 Å². The molecule has 0 rings (SSSR count). The van der Waals surface area contributed by atoms with Crippen LogP contribution in [0.4, 0.5) is 0 Å². The molecule has 2 heteroatoms. The average molecular weight is 208 g/mol. The van der Waals surface area contributed by atoms with E-state index in [0.29, 0.717) is 0 Å². The van der Waals surface area contributed by atoms with Gasteiger partial charge in [-0.3, -0.25) is 0 Å². The summed E-state index contributed by atoms with van der Waals surface area (Å²) in [5.74, 6) is 4.33. The summed E-state index contributed by atoms with van der Waals surface area (Å²) in [7, 11) is 3.14. The molecule has 0 aliphatic rings. The molecule has 0 N–H and O–H groups in total. The molecule has 0 aromatic carbocycles. The molecule has 0 fully saturated rings. The minimum absolute atomic E-state index is 0.729. The Morgan fingerprint density at radius 2 is 1.60 bits per heavy atom. The van der Waals surface area contributed by atoms with Crippen LogP contribution in [-0.2, 0) is 9.47 Å². The third-order valence-corrected chi connectivity index (χ3v) is 2.46. The Labute approximate surface area is 93.3 Å². The van der Waals surface area contributed by atoms with E-state index in [0.717, 1.165) is 38.5 Å². The molecule has 0 aromatic heterocycles. The number of methoxy groups -OCH3 is 2. The second kappa shape index (κ2) is 8.36. The Balaban J connectivity index is 3.65. The molecule has 0 aromatic rings. The molecule has 0 heterocycles. The zero-order valence-electron chi connectivity index (χ0n) is 9.71. The first kappa shape index (κ1) is 14.0. The molecule has 0 atom stereocenters. The second-order valence-corrected chi connectivity index (χ2v) is 3.42. The van der Waals surface area contributed by atoms with Gasteiger partial charge in [-0.05, 0) is 18.8 Å². The van der Waals surface area contributed by atoms with Gasteiger partial charge in [0.05, 0.1) is 0 Å². The molecule has 0 saturated heterocycles. The second-order valence-electron chi connectivity index (χ2n) is 3.42. The highest BCUT2D eigenvalue weighted by atomic mass is 16.7. The number of hydrogen-bond acceptors (Lipinski definition) is 2. The van der Waals surface area contributed by atoms with Crippen LogP contribution in [0.3, 0.4) is 0 Å². The Morgan fingerprint density at radius 1 is 1.00 bits per heavy atom. The minimum atomic E-state index is -0.841. The van der Waals surface area contributed by atoms with Crippen LogP contribution in [-0.4, -0.2) is 20.0 Å². The molecule has 0 saturated carbocycles. The van der Waals surface area contributed by atoms with Crippen molar-refractivity contribution in [3.63, 3.8) is 0 Å². The molecule has 0 unspecified atom stereocenters. The summed E-state index contributed by atoms with van der Waals surface area (Å²) in [5, 5.41) is 0. The number of unbranched alkanes of at least 4 members (excludes halogenated alkanes) is 4. The lowest BCUT2D eigenvalue weighted by atomic mass is 10.1. The van der Waals surface area contributed by atoms with Crippen molar-refractivity contribution in [1.82, 2.24) is 0 Å². The summed E-state index contributed by atoms with van der Waals surface area (Å²) >= 11 is 0. The van der Waals surface area contributed by atoms with Gasteiger partial charge in [0, 0.05) is 27.1 Å². The lowest BCUT2D eigenvalue weighted by molar-refractivity contribution is -0.167. The van der Waals surface area contributed by atoms with Crippen molar-refractivity contribution < 1.29 is 9.47 Å². The molecule has 84 valence electrons. The van der Waals surface area contributed by atoms with Gasteiger partial charge in [0.1, 0.15) is 0 Å². The summed E-state index contributed by atoms with van der Waals surface area (Å²) in [5.41, 5.74) is 0. The van der Waals surface area contributed by atoms with Crippen LogP contribution in [0.25, 0.3) is 0 Å². The van der Waals surface area contributed by atoms with Gasteiger partial charge in [0.15, 0.2) is 0 Å². The van der Waals surface area contributed by atoms with Gasteiger partial charge in [-0.25, -0.2) is 0 Å². The van der Waals surface area contributed by atoms with Gasteiger partial charge in [0.25, 0.3) is 0 Å². The van der Waals surface area contributed by atoms with Crippen molar-refractivity contribution in [2.75, 3.05) is 14.2 Å². The number of ether oxygens (including phenoxy) is 2. The number of terminal acetylenes is 2. The summed E-state index contributed by atoms with van der Waals surface area (Å²) in [6.07, 6.45) is 16.4. The SMILES string of the molecule is C#CCCCCCCC(C#C)(OC)OC. The topological polar surface area (TPSA) is 18.5 Å². The van der Waals surface area contributed by atoms with Crippen LogP contribution in [0.2, 0.25) is 0 Å². The molecule has 0 amide bonds. The summed E-state index contributed by atoms with van der Waals surface area (Å²) in [6, 6.07) is 0. The molecule has 0 bridgehead atoms. The number of hydrogen-bond donors (Lipinski definition) is 0. The fourth-order valence-corrected chi connectivity index (χ4v) is 1.42. The first-order valence-corrected chi connectivity index (χ1v) is 5.26. The Bertz CT molecular complexity index is 228. The van der Waals surface area contributed by atoms with E-state index in [1.165, 1.54) is 0 Å². The van der Waals surface area contributed by atoms with Gasteiger partial charge >= 0.3 is 0 Å². The van der Waals surface area contributed by atoms with Gasteiger partial charge in [-0.15, -0.1) is 18.8 Å². The smallest absolute Gasteiger partial charge is 0.232 e. The Kier molecular flexibility index (Phi) is 7.82. The molecule has 0 aliphatic carbocycles. The van der Waals surface area contributed by atoms with Gasteiger partial charge < -0.3 is 9.47 Å². The normalized spacial score (nSPS) is 10.7. The largest absolute Gasteiger partial charge is 0.343 e. The van der Waals surface area contributed by atoms with E-state index in [2.05, 4.69) is 11.8 Å². The predicted molar refractivity (Wildman–Crippen MR) is 62.1 cm³/mol. The average Bonchev–Trinajstić information content (AvgIpc) is 2.29. The minimum Gasteiger partial charge on any atom is -0.343 e. The lowest BCUT2D eigenvalue weighted by Gasteiger charge is -2.24. The fraction of sp³-hybridized carbons (Fsp3) is 0.692. The van der Waals surface area contributed by atoms with E-state index in [9.17, 15) is 0 Å². The van der Waals surface area contributed by atoms with Crippen LogP contribution in [0, 0.1) is 24.7 Å². The van der Waals surface area contributed by atoms with E-state index in [1.807, 2.05) is 0 Å². The monoisotopic (exact) mass is 208 g/mol. The third kappa shape index (κ3) is 5.47. The van der Waals surface area contributed by atoms with E-state index >= 15 is 0 Å². The zero-order valence-corrected chi connectivity index (χ0v) is 9.71. The van der Waals surface area contributed by atoms with Crippen LogP contribution in [0.15, 0.2) is 0 Å². The maximum absolute atomic E-state index is 5.36. The van der Waals surface area contributed by atoms with Gasteiger partial charge in [-0.2, -0.15) is 0 Å². The van der Waals surface area contributed by atoms with Crippen molar-refractivity contribution in [1.29, 1.82) is 0 Å². The van der Waals surface area contributed by atoms with Crippen molar-refractivity contribution in [3.8, 4) is 24.7 Å². The van der Waals surface area contributed by atoms with Crippen LogP contribution in [0.1, 0.15) is 38.5 Å². The lowest BCUT2D eigenvalue weighted by Crippen LogP contribution is -2.31. The molecular formula is C13H20O2. The Hall–Kier alpha value is -0.960. The van der Waals surface area contributed by atoms with Crippen molar-refractivity contribution in [3.05, 3.63) is 0 Å². The molecule has 0 radical (unpaired) electrons. The number of rotatable bonds is 8. The standard InChI is InChI=1S/C13H20O2/c1-5-7-8-9-10-11-12-13(6-2,14-3)15-4/h1-2H,7-12H2,3-4H3. The molecule has 0 spiro atoms. The first-order chi connectivity index (χ1) is 7.24. The first-order valence-electron chi connectivity index (χ1n) is 5.26. The molecule has 0 aliphatic heterocycles. The summed E-state index contributed by atoms with van der Waals surface area (Å²) < 4.78 is 10.3. The van der Waals surface area contributed by atoms with E-state index in [-0.39, 0.29) is 0 Å². The maximum atomic E-state index is 5.36. The Morgan fingerprint density at radius 3 is 2.07 bits per heavy atom. The van der Waals surface area contributed by atoms with Gasteiger partial charge in [-0.1, -0.05) is 12.8 Å². The van der Waals surface area contributed by atoms with Crippen LogP contribution >= 0.6 is 0 Å².